The van der Waals surface area contributed by atoms with Crippen molar-refractivity contribution in [3.8, 4) is 0 Å². The van der Waals surface area contributed by atoms with Gasteiger partial charge in [0.15, 0.2) is 0 Å². The number of aromatic nitrogens is 1. The third-order valence-corrected chi connectivity index (χ3v) is 7.49. The highest BCUT2D eigenvalue weighted by atomic mass is 19.1. The lowest BCUT2D eigenvalue weighted by molar-refractivity contribution is -0.127. The summed E-state index contributed by atoms with van der Waals surface area (Å²) in [5, 5.41) is 13.8. The van der Waals surface area contributed by atoms with Crippen LogP contribution in [0.2, 0.25) is 0 Å². The van der Waals surface area contributed by atoms with Crippen LogP contribution in [0.5, 0.6) is 0 Å². The largest absolute Gasteiger partial charge is 0.386 e. The van der Waals surface area contributed by atoms with Crippen molar-refractivity contribution in [1.29, 1.82) is 0 Å². The van der Waals surface area contributed by atoms with Gasteiger partial charge in [0.1, 0.15) is 11.4 Å². The Bertz CT molecular complexity index is 1160. The van der Waals surface area contributed by atoms with Gasteiger partial charge in [0.05, 0.1) is 30.0 Å². The number of benzene rings is 1. The van der Waals surface area contributed by atoms with Crippen LogP contribution in [0.3, 0.4) is 0 Å². The summed E-state index contributed by atoms with van der Waals surface area (Å²) in [5.74, 6) is -1.96. The van der Waals surface area contributed by atoms with Gasteiger partial charge in [-0.05, 0) is 56.2 Å². The fraction of sp³-hybridized carbons (Fsp3) is 0.520. The number of nitrogens with one attached hydrogen (secondary N) is 1. The number of carbonyl (C=O) groups excluding carboxylic acids is 1. The zero-order valence-corrected chi connectivity index (χ0v) is 18.8. The average Bonchev–Trinajstić information content (AvgIpc) is 3.27. The van der Waals surface area contributed by atoms with Crippen molar-refractivity contribution in [2.24, 2.45) is 5.92 Å². The van der Waals surface area contributed by atoms with Crippen LogP contribution in [-0.4, -0.2) is 39.2 Å². The molecule has 1 saturated heterocycles. The van der Waals surface area contributed by atoms with Crippen LogP contribution in [0.4, 0.5) is 20.2 Å². The number of pyridine rings is 1. The highest BCUT2D eigenvalue weighted by Crippen LogP contribution is 2.40. The molecule has 1 amide bonds. The Labute approximate surface area is 191 Å². The van der Waals surface area contributed by atoms with E-state index >= 15 is 4.39 Å². The second-order valence-corrected chi connectivity index (χ2v) is 9.78. The molecule has 2 aromatic rings. The molecule has 1 saturated carbocycles. The number of hydrogen-bond acceptors (Lipinski definition) is 4. The monoisotopic (exact) mass is 457 g/mol. The van der Waals surface area contributed by atoms with Crippen LogP contribution in [0.1, 0.15) is 60.1 Å². The van der Waals surface area contributed by atoms with Gasteiger partial charge in [0.2, 0.25) is 5.82 Å². The van der Waals surface area contributed by atoms with E-state index in [0.29, 0.717) is 30.6 Å². The second kappa shape index (κ2) is 8.24. The van der Waals surface area contributed by atoms with Gasteiger partial charge < -0.3 is 19.9 Å². The van der Waals surface area contributed by atoms with E-state index in [9.17, 15) is 19.1 Å². The SMILES string of the molecule is Cc1ccc(Nc2c(C(=O)N3CC(O)(C4CCCCC4)C3)c3n(c(=O)c2F)CCC3)c(F)c1. The highest BCUT2D eigenvalue weighted by molar-refractivity contribution is 6.02. The van der Waals surface area contributed by atoms with E-state index in [4.69, 9.17) is 0 Å². The number of nitrogens with zero attached hydrogens (tertiary/aromatic N) is 2. The highest BCUT2D eigenvalue weighted by Gasteiger charge is 2.50. The van der Waals surface area contributed by atoms with Crippen LogP contribution in [0.25, 0.3) is 0 Å². The van der Waals surface area contributed by atoms with Crippen LogP contribution in [-0.2, 0) is 13.0 Å². The lowest BCUT2D eigenvalue weighted by Gasteiger charge is -2.51. The molecule has 3 heterocycles. The Morgan fingerprint density at radius 3 is 2.58 bits per heavy atom. The maximum atomic E-state index is 15.3. The normalized spacial score (nSPS) is 19.8. The van der Waals surface area contributed by atoms with Gasteiger partial charge in [0.25, 0.3) is 11.5 Å². The van der Waals surface area contributed by atoms with Crippen LogP contribution < -0.4 is 10.9 Å². The Morgan fingerprint density at radius 2 is 1.88 bits per heavy atom. The van der Waals surface area contributed by atoms with Gasteiger partial charge in [-0.15, -0.1) is 0 Å². The van der Waals surface area contributed by atoms with Crippen molar-refractivity contribution in [3.63, 3.8) is 0 Å². The quantitative estimate of drug-likeness (QED) is 0.731. The van der Waals surface area contributed by atoms with E-state index in [-0.39, 0.29) is 35.9 Å². The molecule has 0 radical (unpaired) electrons. The minimum absolute atomic E-state index is 0.00165. The van der Waals surface area contributed by atoms with Gasteiger partial charge in [-0.3, -0.25) is 9.59 Å². The Balaban J connectivity index is 1.50. The summed E-state index contributed by atoms with van der Waals surface area (Å²) in [6.45, 7) is 2.46. The summed E-state index contributed by atoms with van der Waals surface area (Å²) in [6.07, 6.45) is 6.32. The lowest BCUT2D eigenvalue weighted by atomic mass is 9.72. The summed E-state index contributed by atoms with van der Waals surface area (Å²) in [4.78, 5) is 27.7. The molecule has 0 atom stereocenters. The van der Waals surface area contributed by atoms with E-state index in [1.165, 1.54) is 28.0 Å². The van der Waals surface area contributed by atoms with Crippen molar-refractivity contribution in [3.05, 3.63) is 57.0 Å². The number of hydrogen-bond donors (Lipinski definition) is 2. The van der Waals surface area contributed by atoms with Gasteiger partial charge in [-0.25, -0.2) is 4.39 Å². The zero-order chi connectivity index (χ0) is 23.3. The van der Waals surface area contributed by atoms with E-state index in [2.05, 4.69) is 5.32 Å². The lowest BCUT2D eigenvalue weighted by Crippen LogP contribution is -2.67. The molecule has 1 aliphatic carbocycles. The molecule has 2 fully saturated rings. The first-order valence-corrected chi connectivity index (χ1v) is 11.8. The standard InChI is InChI=1S/C25H29F2N3O3/c1-15-9-10-18(17(26)12-15)28-22-20(19-8-5-11-30(19)24(32)21(22)27)23(31)29-13-25(33,14-29)16-6-3-2-4-7-16/h9-10,12,16,28,33H,2-8,11,13-14H2,1H3. The Hall–Kier alpha value is -2.74. The molecule has 1 aromatic heterocycles. The Kier molecular flexibility index (Phi) is 5.51. The number of halogens is 2. The molecular weight excluding hydrogens is 428 g/mol. The number of amides is 1. The minimum Gasteiger partial charge on any atom is -0.386 e. The van der Waals surface area contributed by atoms with Crippen molar-refractivity contribution < 1.29 is 18.7 Å². The van der Waals surface area contributed by atoms with Crippen LogP contribution in [0, 0.1) is 24.5 Å². The fourth-order valence-electron chi connectivity index (χ4n) is 5.66. The molecule has 1 aromatic carbocycles. The number of rotatable bonds is 4. The molecule has 0 spiro atoms. The molecule has 6 nitrogen and oxygen atoms in total. The second-order valence-electron chi connectivity index (χ2n) is 9.78. The molecule has 176 valence electrons. The van der Waals surface area contributed by atoms with Crippen LogP contribution >= 0.6 is 0 Å². The molecule has 8 heteroatoms. The molecule has 2 N–H and O–H groups in total. The summed E-state index contributed by atoms with van der Waals surface area (Å²) in [5.41, 5.74) is -0.778. The number of anilines is 2. The number of aryl methyl sites for hydroxylation is 1. The molecule has 33 heavy (non-hydrogen) atoms. The predicted molar refractivity (Wildman–Crippen MR) is 121 cm³/mol. The summed E-state index contributed by atoms with van der Waals surface area (Å²) >= 11 is 0. The van der Waals surface area contributed by atoms with E-state index in [1.54, 1.807) is 13.0 Å². The van der Waals surface area contributed by atoms with Crippen molar-refractivity contribution >= 4 is 17.3 Å². The van der Waals surface area contributed by atoms with E-state index in [1.807, 2.05) is 0 Å². The molecule has 0 bridgehead atoms. The Morgan fingerprint density at radius 1 is 1.15 bits per heavy atom. The molecular formula is C25H29F2N3O3. The van der Waals surface area contributed by atoms with Crippen molar-refractivity contribution in [2.45, 2.75) is 64.0 Å². The maximum Gasteiger partial charge on any atom is 0.289 e. The third-order valence-electron chi connectivity index (χ3n) is 7.49. The van der Waals surface area contributed by atoms with Gasteiger partial charge in [0, 0.05) is 12.2 Å². The van der Waals surface area contributed by atoms with Gasteiger partial charge >= 0.3 is 0 Å². The number of likely N-dealkylation sites (tertiary alicyclic amines) is 1. The van der Waals surface area contributed by atoms with E-state index in [0.717, 1.165) is 25.7 Å². The maximum absolute atomic E-state index is 15.3. The smallest absolute Gasteiger partial charge is 0.289 e. The topological polar surface area (TPSA) is 74.6 Å². The number of carbonyl (C=O) groups is 1. The predicted octanol–water partition coefficient (Wildman–Crippen LogP) is 3.89. The zero-order valence-electron chi connectivity index (χ0n) is 18.8. The molecule has 5 rings (SSSR count). The first-order chi connectivity index (χ1) is 15.8. The van der Waals surface area contributed by atoms with Gasteiger partial charge in [-0.1, -0.05) is 25.3 Å². The summed E-state index contributed by atoms with van der Waals surface area (Å²) in [7, 11) is 0. The minimum atomic E-state index is -1.09. The van der Waals surface area contributed by atoms with Crippen LogP contribution in [0.15, 0.2) is 23.0 Å². The first-order valence-electron chi connectivity index (χ1n) is 11.8. The molecule has 3 aliphatic rings. The number of β-amino-alcohol motifs (C(OH)–C–C–N with tert-alkyl or cyclic N) is 1. The summed E-state index contributed by atoms with van der Waals surface area (Å²) in [6, 6.07) is 4.45. The molecule has 0 unspecified atom stereocenters. The number of aliphatic hydroxyl groups is 1. The summed E-state index contributed by atoms with van der Waals surface area (Å²) < 4.78 is 31.1. The van der Waals surface area contributed by atoms with Crippen molar-refractivity contribution in [2.75, 3.05) is 18.4 Å². The van der Waals surface area contributed by atoms with Gasteiger partial charge in [-0.2, -0.15) is 4.39 Å². The van der Waals surface area contributed by atoms with E-state index < -0.39 is 28.7 Å². The third kappa shape index (κ3) is 3.74. The molecule has 2 aliphatic heterocycles. The first kappa shape index (κ1) is 22.1. The van der Waals surface area contributed by atoms with Crippen molar-refractivity contribution in [1.82, 2.24) is 9.47 Å². The fourth-order valence-corrected chi connectivity index (χ4v) is 5.66. The average molecular weight is 458 g/mol. The number of fused-ring (bicyclic) bond motifs is 1.